The fourth-order valence-electron chi connectivity index (χ4n) is 2.27. The minimum Gasteiger partial charge on any atom is -0.299 e. The minimum absolute atomic E-state index is 1.04. The van der Waals surface area contributed by atoms with Gasteiger partial charge in [-0.15, -0.1) is 0 Å². The fourth-order valence-corrected chi connectivity index (χ4v) is 2.79. The van der Waals surface area contributed by atoms with Crippen molar-refractivity contribution in [3.63, 3.8) is 0 Å². The minimum atomic E-state index is 1.04. The number of pyridine rings is 1. The second-order valence-corrected chi connectivity index (χ2v) is 5.91. The van der Waals surface area contributed by atoms with Gasteiger partial charge >= 0.3 is 0 Å². The van der Waals surface area contributed by atoms with Crippen molar-refractivity contribution in [1.82, 2.24) is 9.88 Å². The molecule has 1 aromatic rings. The van der Waals surface area contributed by atoms with Gasteiger partial charge in [0.05, 0.1) is 0 Å². The van der Waals surface area contributed by atoms with Gasteiger partial charge in [0.2, 0.25) is 0 Å². The van der Waals surface area contributed by atoms with E-state index in [-0.39, 0.29) is 0 Å². The first-order valence-electron chi connectivity index (χ1n) is 7.09. The summed E-state index contributed by atoms with van der Waals surface area (Å²) in [5, 5.41) is 0. The Morgan fingerprint density at radius 2 is 1.95 bits per heavy atom. The van der Waals surface area contributed by atoms with Crippen molar-refractivity contribution >= 4 is 22.0 Å². The molecule has 2 nitrogen and oxygen atoms in total. The van der Waals surface area contributed by atoms with Crippen LogP contribution in [0.15, 0.2) is 22.3 Å². The predicted molar refractivity (Wildman–Crippen MR) is 87.3 cm³/mol. The highest BCUT2D eigenvalue weighted by Crippen LogP contribution is 2.21. The molecule has 0 amide bonds. The molecule has 0 aliphatic carbocycles. The molecule has 1 rings (SSSR count). The summed E-state index contributed by atoms with van der Waals surface area (Å²) in [6.45, 7) is 12.1. The highest BCUT2D eigenvalue weighted by atomic mass is 79.9. The number of hydrogen-bond donors (Lipinski definition) is 0. The third-order valence-electron chi connectivity index (χ3n) is 3.08. The SMILES string of the molecule is CCCN(CCC)C/C(C)=C/c1c(Br)ccnc1C. The van der Waals surface area contributed by atoms with Gasteiger partial charge in [-0.3, -0.25) is 9.88 Å². The molecule has 1 aromatic heterocycles. The predicted octanol–water partition coefficient (Wildman–Crippen LogP) is 4.68. The summed E-state index contributed by atoms with van der Waals surface area (Å²) in [5.74, 6) is 0. The van der Waals surface area contributed by atoms with Gasteiger partial charge in [0.15, 0.2) is 0 Å². The summed E-state index contributed by atoms with van der Waals surface area (Å²) in [6, 6.07) is 2.00. The van der Waals surface area contributed by atoms with Gasteiger partial charge in [-0.1, -0.05) is 41.4 Å². The van der Waals surface area contributed by atoms with Gasteiger partial charge in [-0.25, -0.2) is 0 Å². The molecule has 0 saturated carbocycles. The zero-order valence-electron chi connectivity index (χ0n) is 12.5. The van der Waals surface area contributed by atoms with Crippen LogP contribution in [-0.2, 0) is 0 Å². The summed E-state index contributed by atoms with van der Waals surface area (Å²) in [7, 11) is 0. The zero-order chi connectivity index (χ0) is 14.3. The average Bonchev–Trinajstić information content (AvgIpc) is 2.35. The maximum absolute atomic E-state index is 4.36. The Morgan fingerprint density at radius 3 is 2.47 bits per heavy atom. The van der Waals surface area contributed by atoms with E-state index in [0.29, 0.717) is 0 Å². The van der Waals surface area contributed by atoms with Crippen LogP contribution in [0, 0.1) is 6.92 Å². The van der Waals surface area contributed by atoms with Crippen molar-refractivity contribution in [3.05, 3.63) is 33.6 Å². The number of aryl methyl sites for hydroxylation is 1. The lowest BCUT2D eigenvalue weighted by molar-refractivity contribution is 0.298. The molecule has 106 valence electrons. The highest BCUT2D eigenvalue weighted by molar-refractivity contribution is 9.10. The molecule has 3 heteroatoms. The lowest BCUT2D eigenvalue weighted by Crippen LogP contribution is -2.27. The number of halogens is 1. The van der Waals surface area contributed by atoms with E-state index in [0.717, 1.165) is 16.7 Å². The van der Waals surface area contributed by atoms with E-state index in [9.17, 15) is 0 Å². The molecule has 0 radical (unpaired) electrons. The summed E-state index contributed by atoms with van der Waals surface area (Å²) < 4.78 is 1.12. The van der Waals surface area contributed by atoms with Crippen LogP contribution >= 0.6 is 15.9 Å². The summed E-state index contributed by atoms with van der Waals surface area (Å²) in [6.07, 6.45) is 6.52. The monoisotopic (exact) mass is 324 g/mol. The van der Waals surface area contributed by atoms with E-state index >= 15 is 0 Å². The van der Waals surface area contributed by atoms with E-state index in [2.05, 4.69) is 59.6 Å². The molecule has 0 aliphatic rings. The summed E-state index contributed by atoms with van der Waals surface area (Å²) in [4.78, 5) is 6.88. The van der Waals surface area contributed by atoms with Crippen molar-refractivity contribution in [2.24, 2.45) is 0 Å². The van der Waals surface area contributed by atoms with Crippen molar-refractivity contribution in [3.8, 4) is 0 Å². The van der Waals surface area contributed by atoms with Crippen molar-refractivity contribution < 1.29 is 0 Å². The van der Waals surface area contributed by atoms with Crippen LogP contribution in [0.4, 0.5) is 0 Å². The third kappa shape index (κ3) is 5.45. The van der Waals surface area contributed by atoms with E-state index in [1.54, 1.807) is 0 Å². The van der Waals surface area contributed by atoms with E-state index < -0.39 is 0 Å². The molecule has 19 heavy (non-hydrogen) atoms. The molecule has 0 fully saturated rings. The molecule has 1 heterocycles. The van der Waals surface area contributed by atoms with Gasteiger partial charge < -0.3 is 0 Å². The normalized spacial score (nSPS) is 12.2. The second-order valence-electron chi connectivity index (χ2n) is 5.06. The Kier molecular flexibility index (Phi) is 7.32. The quantitative estimate of drug-likeness (QED) is 0.724. The molecule has 0 aromatic carbocycles. The lowest BCUT2D eigenvalue weighted by atomic mass is 10.1. The van der Waals surface area contributed by atoms with Crippen LogP contribution in [-0.4, -0.2) is 29.5 Å². The van der Waals surface area contributed by atoms with Gasteiger partial charge in [-0.05, 0) is 45.8 Å². The first-order chi connectivity index (χ1) is 9.08. The molecule has 0 bridgehead atoms. The van der Waals surface area contributed by atoms with E-state index in [4.69, 9.17) is 0 Å². The first-order valence-corrected chi connectivity index (χ1v) is 7.88. The number of aromatic nitrogens is 1. The number of hydrogen-bond acceptors (Lipinski definition) is 2. The Labute approximate surface area is 126 Å². The number of rotatable bonds is 7. The Hall–Kier alpha value is -0.670. The van der Waals surface area contributed by atoms with Gasteiger partial charge in [0.1, 0.15) is 0 Å². The molecule has 0 spiro atoms. The zero-order valence-corrected chi connectivity index (χ0v) is 14.1. The molecule has 0 saturated heterocycles. The van der Waals surface area contributed by atoms with E-state index in [1.165, 1.54) is 37.1 Å². The van der Waals surface area contributed by atoms with Crippen LogP contribution in [0.25, 0.3) is 6.08 Å². The molecular formula is C16H25BrN2. The third-order valence-corrected chi connectivity index (χ3v) is 3.77. The van der Waals surface area contributed by atoms with E-state index in [1.807, 2.05) is 12.3 Å². The van der Waals surface area contributed by atoms with Crippen LogP contribution in [0.3, 0.4) is 0 Å². The standard InChI is InChI=1S/C16H25BrN2/c1-5-9-19(10-6-2)12-13(3)11-15-14(4)18-8-7-16(15)17/h7-8,11H,5-6,9-10,12H2,1-4H3/b13-11+. The summed E-state index contributed by atoms with van der Waals surface area (Å²) in [5.41, 5.74) is 3.66. The largest absolute Gasteiger partial charge is 0.299 e. The lowest BCUT2D eigenvalue weighted by Gasteiger charge is -2.21. The average molecular weight is 325 g/mol. The maximum atomic E-state index is 4.36. The molecular weight excluding hydrogens is 300 g/mol. The van der Waals surface area contributed by atoms with Crippen LogP contribution < -0.4 is 0 Å². The van der Waals surface area contributed by atoms with Gasteiger partial charge in [0, 0.05) is 28.5 Å². The first kappa shape index (κ1) is 16.4. The maximum Gasteiger partial charge on any atom is 0.0456 e. The van der Waals surface area contributed by atoms with Crippen molar-refractivity contribution in [2.45, 2.75) is 40.5 Å². The molecule has 0 N–H and O–H groups in total. The van der Waals surface area contributed by atoms with Gasteiger partial charge in [0.25, 0.3) is 0 Å². The van der Waals surface area contributed by atoms with Crippen LogP contribution in [0.5, 0.6) is 0 Å². The fraction of sp³-hybridized carbons (Fsp3) is 0.562. The Bertz CT molecular complexity index is 401. The smallest absolute Gasteiger partial charge is 0.0456 e. The van der Waals surface area contributed by atoms with Crippen molar-refractivity contribution in [2.75, 3.05) is 19.6 Å². The van der Waals surface area contributed by atoms with Crippen molar-refractivity contribution in [1.29, 1.82) is 0 Å². The number of nitrogens with zero attached hydrogens (tertiary/aromatic N) is 2. The van der Waals surface area contributed by atoms with Crippen LogP contribution in [0.1, 0.15) is 44.9 Å². The van der Waals surface area contributed by atoms with Crippen LogP contribution in [0.2, 0.25) is 0 Å². The topological polar surface area (TPSA) is 16.1 Å². The second kappa shape index (κ2) is 8.49. The van der Waals surface area contributed by atoms with Gasteiger partial charge in [-0.2, -0.15) is 0 Å². The Morgan fingerprint density at radius 1 is 1.32 bits per heavy atom. The highest BCUT2D eigenvalue weighted by Gasteiger charge is 2.06. The Balaban J connectivity index is 2.80. The molecule has 0 aliphatic heterocycles. The molecule has 0 atom stereocenters. The summed E-state index contributed by atoms with van der Waals surface area (Å²) >= 11 is 3.61. The molecule has 0 unspecified atom stereocenters.